The van der Waals surface area contributed by atoms with E-state index in [-0.39, 0.29) is 6.54 Å². The van der Waals surface area contributed by atoms with Crippen LogP contribution in [0.5, 0.6) is 5.88 Å². The molecule has 1 aromatic heterocycles. The molecule has 5 nitrogen and oxygen atoms in total. The highest BCUT2D eigenvalue weighted by molar-refractivity contribution is 5.79. The summed E-state index contributed by atoms with van der Waals surface area (Å²) in [6, 6.07) is 13.4. The first-order valence-corrected chi connectivity index (χ1v) is 6.73. The van der Waals surface area contributed by atoms with Gasteiger partial charge in [-0.05, 0) is 18.6 Å². The molecule has 2 aromatic rings. The predicted octanol–water partition coefficient (Wildman–Crippen LogP) is 1.66. The average Bonchev–Trinajstić information content (AvgIpc) is 2.52. The summed E-state index contributed by atoms with van der Waals surface area (Å²) < 4.78 is 5.69. The maximum Gasteiger partial charge on any atom is 0.248 e. The molecule has 1 amide bonds. The van der Waals surface area contributed by atoms with Gasteiger partial charge < -0.3 is 15.2 Å². The Kier molecular flexibility index (Phi) is 5.29. The van der Waals surface area contributed by atoms with E-state index in [2.05, 4.69) is 10.3 Å². The van der Waals surface area contributed by atoms with Crippen LogP contribution >= 0.6 is 0 Å². The van der Waals surface area contributed by atoms with Crippen molar-refractivity contribution in [2.75, 3.05) is 0 Å². The number of carbonyl (C=O) groups excluding carboxylic acids is 1. The molecule has 1 unspecified atom stereocenters. The lowest BCUT2D eigenvalue weighted by molar-refractivity contribution is -0.128. The summed E-state index contributed by atoms with van der Waals surface area (Å²) in [5, 5.41) is 11.8. The first-order valence-electron chi connectivity index (χ1n) is 6.73. The molecule has 0 radical (unpaired) electrons. The third-order valence-corrected chi connectivity index (χ3v) is 2.90. The Labute approximate surface area is 123 Å². The Balaban J connectivity index is 1.98. The molecular weight excluding hydrogens is 268 g/mol. The van der Waals surface area contributed by atoms with E-state index in [0.29, 0.717) is 12.5 Å². The first-order chi connectivity index (χ1) is 10.2. The summed E-state index contributed by atoms with van der Waals surface area (Å²) in [5.74, 6) is 0.0557. The molecule has 2 rings (SSSR count). The number of benzene rings is 1. The van der Waals surface area contributed by atoms with Gasteiger partial charge in [0.2, 0.25) is 11.8 Å². The van der Waals surface area contributed by atoms with Crippen LogP contribution in [0.1, 0.15) is 18.1 Å². The zero-order valence-corrected chi connectivity index (χ0v) is 11.8. The minimum absolute atomic E-state index is 0.266. The molecule has 0 spiro atoms. The highest BCUT2D eigenvalue weighted by atomic mass is 16.5. The van der Waals surface area contributed by atoms with Crippen molar-refractivity contribution in [3.05, 3.63) is 59.8 Å². The Bertz CT molecular complexity index is 585. The zero-order chi connectivity index (χ0) is 15.1. The molecule has 0 aliphatic carbocycles. The van der Waals surface area contributed by atoms with Gasteiger partial charge in [0.15, 0.2) is 0 Å². The molecule has 0 fully saturated rings. The molecule has 2 N–H and O–H groups in total. The Morgan fingerprint density at radius 1 is 1.29 bits per heavy atom. The number of aliphatic hydroxyl groups is 1. The van der Waals surface area contributed by atoms with Gasteiger partial charge in [-0.25, -0.2) is 4.98 Å². The standard InChI is InChI=1S/C16H18N2O3/c1-12(19)15(20)18-10-14-8-5-9-17-16(14)21-11-13-6-3-2-4-7-13/h2-9,12,19H,10-11H2,1H3,(H,18,20). The van der Waals surface area contributed by atoms with E-state index in [1.165, 1.54) is 6.92 Å². The van der Waals surface area contributed by atoms with Gasteiger partial charge in [-0.15, -0.1) is 0 Å². The molecule has 0 saturated carbocycles. The second kappa shape index (κ2) is 7.40. The molecule has 1 heterocycles. The van der Waals surface area contributed by atoms with E-state index < -0.39 is 12.0 Å². The SMILES string of the molecule is CC(O)C(=O)NCc1cccnc1OCc1ccccc1. The molecule has 0 aliphatic rings. The number of hydrogen-bond acceptors (Lipinski definition) is 4. The molecule has 5 heteroatoms. The van der Waals surface area contributed by atoms with Crippen molar-refractivity contribution in [1.82, 2.24) is 10.3 Å². The number of rotatable bonds is 6. The lowest BCUT2D eigenvalue weighted by Gasteiger charge is -2.11. The fourth-order valence-electron chi connectivity index (χ4n) is 1.74. The van der Waals surface area contributed by atoms with E-state index in [1.54, 1.807) is 12.3 Å². The number of aromatic nitrogens is 1. The van der Waals surface area contributed by atoms with E-state index >= 15 is 0 Å². The van der Waals surface area contributed by atoms with Gasteiger partial charge in [0, 0.05) is 18.3 Å². The zero-order valence-electron chi connectivity index (χ0n) is 11.8. The second-order valence-corrected chi connectivity index (χ2v) is 4.64. The van der Waals surface area contributed by atoms with E-state index in [1.807, 2.05) is 36.4 Å². The summed E-state index contributed by atoms with van der Waals surface area (Å²) in [4.78, 5) is 15.6. The Hall–Kier alpha value is -2.40. The molecule has 0 bridgehead atoms. The second-order valence-electron chi connectivity index (χ2n) is 4.64. The number of amides is 1. The summed E-state index contributed by atoms with van der Waals surface area (Å²) in [5.41, 5.74) is 1.81. The van der Waals surface area contributed by atoms with Crippen LogP contribution in [0.15, 0.2) is 48.7 Å². The fraction of sp³-hybridized carbons (Fsp3) is 0.250. The minimum Gasteiger partial charge on any atom is -0.473 e. The number of nitrogens with zero attached hydrogens (tertiary/aromatic N) is 1. The molecule has 21 heavy (non-hydrogen) atoms. The van der Waals surface area contributed by atoms with E-state index in [4.69, 9.17) is 9.84 Å². The maximum absolute atomic E-state index is 11.4. The monoisotopic (exact) mass is 286 g/mol. The van der Waals surface area contributed by atoms with E-state index in [0.717, 1.165) is 11.1 Å². The summed E-state index contributed by atoms with van der Waals surface area (Å²) in [7, 11) is 0. The van der Waals surface area contributed by atoms with Gasteiger partial charge in [-0.1, -0.05) is 36.4 Å². The summed E-state index contributed by atoms with van der Waals surface area (Å²) in [6.07, 6.45) is 0.607. The lowest BCUT2D eigenvalue weighted by atomic mass is 10.2. The number of nitrogens with one attached hydrogen (secondary N) is 1. The lowest BCUT2D eigenvalue weighted by Crippen LogP contribution is -2.32. The molecule has 0 saturated heterocycles. The van der Waals surface area contributed by atoms with Crippen molar-refractivity contribution in [2.24, 2.45) is 0 Å². The molecule has 110 valence electrons. The van der Waals surface area contributed by atoms with Crippen molar-refractivity contribution in [2.45, 2.75) is 26.2 Å². The Morgan fingerprint density at radius 3 is 2.76 bits per heavy atom. The van der Waals surface area contributed by atoms with Crippen molar-refractivity contribution >= 4 is 5.91 Å². The smallest absolute Gasteiger partial charge is 0.248 e. The number of ether oxygens (including phenoxy) is 1. The van der Waals surface area contributed by atoms with Crippen molar-refractivity contribution in [3.8, 4) is 5.88 Å². The number of aliphatic hydroxyl groups excluding tert-OH is 1. The molecule has 0 aliphatic heterocycles. The summed E-state index contributed by atoms with van der Waals surface area (Å²) in [6.45, 7) is 2.10. The van der Waals surface area contributed by atoms with Gasteiger partial charge in [0.1, 0.15) is 12.7 Å². The van der Waals surface area contributed by atoms with Gasteiger partial charge in [-0.3, -0.25) is 4.79 Å². The van der Waals surface area contributed by atoms with Crippen LogP contribution in [-0.2, 0) is 17.9 Å². The third-order valence-electron chi connectivity index (χ3n) is 2.90. The van der Waals surface area contributed by atoms with Crippen LogP contribution in [-0.4, -0.2) is 22.1 Å². The van der Waals surface area contributed by atoms with E-state index in [9.17, 15) is 4.79 Å². The van der Waals surface area contributed by atoms with Gasteiger partial charge in [0.25, 0.3) is 0 Å². The third kappa shape index (κ3) is 4.57. The highest BCUT2D eigenvalue weighted by Crippen LogP contribution is 2.15. The minimum atomic E-state index is -1.03. The maximum atomic E-state index is 11.4. The van der Waals surface area contributed by atoms with Crippen LogP contribution in [0.25, 0.3) is 0 Å². The predicted molar refractivity (Wildman–Crippen MR) is 78.5 cm³/mol. The number of carbonyl (C=O) groups is 1. The van der Waals surface area contributed by atoms with Crippen molar-refractivity contribution in [3.63, 3.8) is 0 Å². The number of hydrogen-bond donors (Lipinski definition) is 2. The van der Waals surface area contributed by atoms with Crippen LogP contribution in [0, 0.1) is 0 Å². The van der Waals surface area contributed by atoms with Gasteiger partial charge in [0.05, 0.1) is 0 Å². The fourth-order valence-corrected chi connectivity index (χ4v) is 1.74. The quantitative estimate of drug-likeness (QED) is 0.847. The van der Waals surface area contributed by atoms with Crippen LogP contribution in [0.4, 0.5) is 0 Å². The molecule has 1 atom stereocenters. The number of pyridine rings is 1. The normalized spacial score (nSPS) is 11.7. The Morgan fingerprint density at radius 2 is 2.05 bits per heavy atom. The van der Waals surface area contributed by atoms with Gasteiger partial charge >= 0.3 is 0 Å². The largest absolute Gasteiger partial charge is 0.473 e. The average molecular weight is 286 g/mol. The molecular formula is C16H18N2O3. The van der Waals surface area contributed by atoms with Crippen LogP contribution in [0.2, 0.25) is 0 Å². The summed E-state index contributed by atoms with van der Waals surface area (Å²) >= 11 is 0. The highest BCUT2D eigenvalue weighted by Gasteiger charge is 2.10. The van der Waals surface area contributed by atoms with Crippen molar-refractivity contribution < 1.29 is 14.6 Å². The molecule has 1 aromatic carbocycles. The first kappa shape index (κ1) is 15.0. The topological polar surface area (TPSA) is 71.5 Å². The van der Waals surface area contributed by atoms with Crippen LogP contribution in [0.3, 0.4) is 0 Å². The van der Waals surface area contributed by atoms with Gasteiger partial charge in [-0.2, -0.15) is 0 Å². The van der Waals surface area contributed by atoms with Crippen molar-refractivity contribution in [1.29, 1.82) is 0 Å². The van der Waals surface area contributed by atoms with Crippen LogP contribution < -0.4 is 10.1 Å².